The fourth-order valence-electron chi connectivity index (χ4n) is 2.18. The number of rotatable bonds is 6. The lowest BCUT2D eigenvalue weighted by Gasteiger charge is -2.34. The van der Waals surface area contributed by atoms with Gasteiger partial charge in [-0.3, -0.25) is 9.89 Å². The highest BCUT2D eigenvalue weighted by atomic mass is 15.3. The van der Waals surface area contributed by atoms with Crippen LogP contribution in [0.3, 0.4) is 0 Å². The Labute approximate surface area is 118 Å². The lowest BCUT2D eigenvalue weighted by Crippen LogP contribution is -2.49. The van der Waals surface area contributed by atoms with Gasteiger partial charge in [0.25, 0.3) is 0 Å². The summed E-state index contributed by atoms with van der Waals surface area (Å²) in [5, 5.41) is 6.72. The molecule has 5 heteroatoms. The molecule has 1 fully saturated rings. The van der Waals surface area contributed by atoms with Crippen molar-refractivity contribution < 1.29 is 0 Å². The Hall–Kier alpha value is -0.810. The SMILES string of the molecule is CCN1CCN(CCNC(=NC)NCC(C)C)CC1. The first-order chi connectivity index (χ1) is 9.15. The molecule has 0 bridgehead atoms. The standard InChI is InChI=1S/C14H31N5/c1-5-18-8-10-19(11-9-18)7-6-16-14(15-4)17-12-13(2)3/h13H,5-12H2,1-4H3,(H2,15,16,17). The monoisotopic (exact) mass is 269 g/mol. The Morgan fingerprint density at radius 3 is 2.26 bits per heavy atom. The second-order valence-electron chi connectivity index (χ2n) is 5.55. The molecule has 0 amide bonds. The van der Waals surface area contributed by atoms with Gasteiger partial charge in [-0.2, -0.15) is 0 Å². The molecule has 0 spiro atoms. The van der Waals surface area contributed by atoms with Gasteiger partial charge in [0, 0.05) is 52.9 Å². The molecule has 1 saturated heterocycles. The summed E-state index contributed by atoms with van der Waals surface area (Å²) in [4.78, 5) is 9.27. The van der Waals surface area contributed by atoms with Gasteiger partial charge in [-0.05, 0) is 12.5 Å². The zero-order valence-corrected chi connectivity index (χ0v) is 13.1. The Morgan fingerprint density at radius 1 is 1.11 bits per heavy atom. The van der Waals surface area contributed by atoms with Gasteiger partial charge in [0.2, 0.25) is 0 Å². The van der Waals surface area contributed by atoms with Crippen molar-refractivity contribution >= 4 is 5.96 Å². The summed E-state index contributed by atoms with van der Waals surface area (Å²) in [6.45, 7) is 15.6. The van der Waals surface area contributed by atoms with Crippen LogP contribution < -0.4 is 10.6 Å². The third-order valence-corrected chi connectivity index (χ3v) is 3.53. The Balaban J connectivity index is 2.12. The number of hydrogen-bond donors (Lipinski definition) is 2. The summed E-state index contributed by atoms with van der Waals surface area (Å²) in [5.74, 6) is 1.56. The maximum atomic E-state index is 4.24. The number of likely N-dealkylation sites (N-methyl/N-ethyl adjacent to an activating group) is 1. The predicted octanol–water partition coefficient (Wildman–Crippen LogP) is 0.445. The van der Waals surface area contributed by atoms with Crippen LogP contribution in [0.4, 0.5) is 0 Å². The quantitative estimate of drug-likeness (QED) is 0.543. The average molecular weight is 269 g/mol. The minimum atomic E-state index is 0.640. The van der Waals surface area contributed by atoms with E-state index in [1.54, 1.807) is 0 Å². The van der Waals surface area contributed by atoms with Crippen molar-refractivity contribution in [3.05, 3.63) is 0 Å². The third-order valence-electron chi connectivity index (χ3n) is 3.53. The van der Waals surface area contributed by atoms with Gasteiger partial charge < -0.3 is 15.5 Å². The zero-order chi connectivity index (χ0) is 14.1. The molecule has 1 aliphatic rings. The first-order valence-electron chi connectivity index (χ1n) is 7.55. The van der Waals surface area contributed by atoms with Crippen LogP contribution in [0.2, 0.25) is 0 Å². The van der Waals surface area contributed by atoms with Gasteiger partial charge in [0.15, 0.2) is 5.96 Å². The van der Waals surface area contributed by atoms with Gasteiger partial charge in [0.1, 0.15) is 0 Å². The summed E-state index contributed by atoms with van der Waals surface area (Å²) in [6.07, 6.45) is 0. The van der Waals surface area contributed by atoms with Crippen LogP contribution in [0.1, 0.15) is 20.8 Å². The van der Waals surface area contributed by atoms with Crippen molar-refractivity contribution in [1.82, 2.24) is 20.4 Å². The van der Waals surface area contributed by atoms with Crippen LogP contribution in [0, 0.1) is 5.92 Å². The number of nitrogens with zero attached hydrogens (tertiary/aromatic N) is 3. The highest BCUT2D eigenvalue weighted by Crippen LogP contribution is 1.99. The number of aliphatic imine (C=N–C) groups is 1. The van der Waals surface area contributed by atoms with Crippen molar-refractivity contribution in [3.8, 4) is 0 Å². The lowest BCUT2D eigenvalue weighted by atomic mass is 10.2. The van der Waals surface area contributed by atoms with Crippen LogP contribution >= 0.6 is 0 Å². The number of hydrogen-bond acceptors (Lipinski definition) is 3. The summed E-state index contributed by atoms with van der Waals surface area (Å²) in [6, 6.07) is 0. The molecule has 5 nitrogen and oxygen atoms in total. The topological polar surface area (TPSA) is 42.9 Å². The van der Waals surface area contributed by atoms with E-state index in [-0.39, 0.29) is 0 Å². The van der Waals surface area contributed by atoms with Crippen LogP contribution in [-0.2, 0) is 0 Å². The summed E-state index contributed by atoms with van der Waals surface area (Å²) < 4.78 is 0. The van der Waals surface area contributed by atoms with Gasteiger partial charge >= 0.3 is 0 Å². The molecule has 1 rings (SSSR count). The van der Waals surface area contributed by atoms with E-state index in [2.05, 4.69) is 46.2 Å². The highest BCUT2D eigenvalue weighted by Gasteiger charge is 2.14. The number of guanidine groups is 1. The Morgan fingerprint density at radius 2 is 1.74 bits per heavy atom. The molecule has 0 aromatic rings. The maximum absolute atomic E-state index is 4.24. The fraction of sp³-hybridized carbons (Fsp3) is 0.929. The first kappa shape index (κ1) is 16.2. The molecule has 0 atom stereocenters. The second-order valence-corrected chi connectivity index (χ2v) is 5.55. The third kappa shape index (κ3) is 6.78. The number of nitrogens with one attached hydrogen (secondary N) is 2. The van der Waals surface area contributed by atoms with Crippen molar-refractivity contribution in [2.24, 2.45) is 10.9 Å². The van der Waals surface area contributed by atoms with E-state index >= 15 is 0 Å². The summed E-state index contributed by atoms with van der Waals surface area (Å²) in [7, 11) is 1.83. The minimum Gasteiger partial charge on any atom is -0.356 e. The minimum absolute atomic E-state index is 0.640. The van der Waals surface area contributed by atoms with Gasteiger partial charge in [0.05, 0.1) is 0 Å². The average Bonchev–Trinajstić information content (AvgIpc) is 2.43. The van der Waals surface area contributed by atoms with E-state index in [1.807, 2.05) is 7.05 Å². The van der Waals surface area contributed by atoms with E-state index in [4.69, 9.17) is 0 Å². The second kappa shape index (κ2) is 9.15. The fourth-order valence-corrected chi connectivity index (χ4v) is 2.18. The maximum Gasteiger partial charge on any atom is 0.191 e. The molecule has 19 heavy (non-hydrogen) atoms. The van der Waals surface area contributed by atoms with E-state index in [1.165, 1.54) is 32.7 Å². The smallest absolute Gasteiger partial charge is 0.191 e. The van der Waals surface area contributed by atoms with E-state index < -0.39 is 0 Å². The molecule has 0 aromatic carbocycles. The van der Waals surface area contributed by atoms with Crippen molar-refractivity contribution in [3.63, 3.8) is 0 Å². The van der Waals surface area contributed by atoms with Crippen LogP contribution in [0.5, 0.6) is 0 Å². The van der Waals surface area contributed by atoms with Gasteiger partial charge in [-0.25, -0.2) is 0 Å². The van der Waals surface area contributed by atoms with Crippen LogP contribution in [-0.4, -0.2) is 75.2 Å². The molecule has 0 aromatic heterocycles. The highest BCUT2D eigenvalue weighted by molar-refractivity contribution is 5.79. The Bertz CT molecular complexity index is 257. The van der Waals surface area contributed by atoms with E-state index in [9.17, 15) is 0 Å². The predicted molar refractivity (Wildman–Crippen MR) is 82.8 cm³/mol. The van der Waals surface area contributed by atoms with Crippen molar-refractivity contribution in [2.75, 3.05) is 59.4 Å². The first-order valence-corrected chi connectivity index (χ1v) is 7.55. The van der Waals surface area contributed by atoms with Gasteiger partial charge in [-0.1, -0.05) is 20.8 Å². The van der Waals surface area contributed by atoms with Crippen molar-refractivity contribution in [2.45, 2.75) is 20.8 Å². The number of piperazine rings is 1. The molecule has 1 aliphatic heterocycles. The largest absolute Gasteiger partial charge is 0.356 e. The molecule has 2 N–H and O–H groups in total. The van der Waals surface area contributed by atoms with Crippen LogP contribution in [0.25, 0.3) is 0 Å². The molecular formula is C14H31N5. The molecule has 0 unspecified atom stereocenters. The molecule has 1 heterocycles. The summed E-state index contributed by atoms with van der Waals surface area (Å²) in [5.41, 5.74) is 0. The van der Waals surface area contributed by atoms with Gasteiger partial charge in [-0.15, -0.1) is 0 Å². The zero-order valence-electron chi connectivity index (χ0n) is 13.1. The summed E-state index contributed by atoms with van der Waals surface area (Å²) >= 11 is 0. The lowest BCUT2D eigenvalue weighted by molar-refractivity contribution is 0.139. The molecular weight excluding hydrogens is 238 g/mol. The van der Waals surface area contributed by atoms with Crippen LogP contribution in [0.15, 0.2) is 4.99 Å². The molecule has 0 radical (unpaired) electrons. The van der Waals surface area contributed by atoms with E-state index in [0.29, 0.717) is 5.92 Å². The van der Waals surface area contributed by atoms with E-state index in [0.717, 1.165) is 25.6 Å². The van der Waals surface area contributed by atoms with Crippen molar-refractivity contribution in [1.29, 1.82) is 0 Å². The molecule has 0 saturated carbocycles. The Kier molecular flexibility index (Phi) is 7.82. The molecule has 112 valence electrons. The molecule has 0 aliphatic carbocycles. The normalized spacial score (nSPS) is 18.9.